The quantitative estimate of drug-likeness (QED) is 0.551. The summed E-state index contributed by atoms with van der Waals surface area (Å²) < 4.78 is 6.95. The lowest BCUT2D eigenvalue weighted by Crippen LogP contribution is -2.45. The molecular formula is C24H23BrN4O3. The van der Waals surface area contributed by atoms with Gasteiger partial charge in [0.15, 0.2) is 0 Å². The summed E-state index contributed by atoms with van der Waals surface area (Å²) in [7, 11) is 0. The molecule has 5 rings (SSSR count). The van der Waals surface area contributed by atoms with Gasteiger partial charge in [0.25, 0.3) is 0 Å². The van der Waals surface area contributed by atoms with E-state index in [9.17, 15) is 9.59 Å². The van der Waals surface area contributed by atoms with Gasteiger partial charge in [-0.2, -0.15) is 0 Å². The van der Waals surface area contributed by atoms with Gasteiger partial charge in [-0.05, 0) is 30.3 Å². The van der Waals surface area contributed by atoms with Crippen molar-refractivity contribution in [3.8, 4) is 5.88 Å². The third-order valence-electron chi connectivity index (χ3n) is 6.06. The highest BCUT2D eigenvalue weighted by Gasteiger charge is 2.38. The van der Waals surface area contributed by atoms with Crippen LogP contribution < -0.4 is 9.64 Å². The Morgan fingerprint density at radius 2 is 1.84 bits per heavy atom. The number of halogens is 1. The Morgan fingerprint density at radius 1 is 1.06 bits per heavy atom. The van der Waals surface area contributed by atoms with Crippen LogP contribution in [-0.2, 0) is 9.59 Å². The minimum absolute atomic E-state index is 0.00195. The number of likely N-dealkylation sites (tertiary alicyclic amines) is 1. The van der Waals surface area contributed by atoms with E-state index in [-0.39, 0.29) is 30.3 Å². The summed E-state index contributed by atoms with van der Waals surface area (Å²) in [5.74, 6) is 0.263. The first-order chi connectivity index (χ1) is 15.6. The molecular weight excluding hydrogens is 472 g/mol. The molecule has 0 saturated carbocycles. The average molecular weight is 495 g/mol. The maximum atomic E-state index is 13.1. The molecule has 2 aromatic carbocycles. The number of rotatable bonds is 4. The monoisotopic (exact) mass is 494 g/mol. The van der Waals surface area contributed by atoms with Crippen molar-refractivity contribution in [2.75, 3.05) is 24.5 Å². The zero-order valence-electron chi connectivity index (χ0n) is 17.5. The molecule has 0 bridgehead atoms. The maximum absolute atomic E-state index is 13.1. The van der Waals surface area contributed by atoms with Crippen LogP contribution in [0.1, 0.15) is 19.3 Å². The summed E-state index contributed by atoms with van der Waals surface area (Å²) in [4.78, 5) is 38.1. The van der Waals surface area contributed by atoms with Crippen LogP contribution in [0.3, 0.4) is 0 Å². The number of hydrogen-bond acceptors (Lipinski definition) is 5. The second kappa shape index (κ2) is 8.86. The van der Waals surface area contributed by atoms with Gasteiger partial charge in [-0.15, -0.1) is 0 Å². The van der Waals surface area contributed by atoms with Gasteiger partial charge < -0.3 is 14.5 Å². The molecule has 0 radical (unpaired) electrons. The number of carbonyl (C=O) groups is 2. The summed E-state index contributed by atoms with van der Waals surface area (Å²) >= 11 is 3.44. The zero-order valence-corrected chi connectivity index (χ0v) is 19.1. The van der Waals surface area contributed by atoms with Gasteiger partial charge in [-0.3, -0.25) is 9.59 Å². The Bertz CT molecular complexity index is 1160. The molecule has 32 heavy (non-hydrogen) atoms. The van der Waals surface area contributed by atoms with Crippen molar-refractivity contribution in [2.24, 2.45) is 5.92 Å². The zero-order chi connectivity index (χ0) is 22.1. The molecule has 164 valence electrons. The number of piperidine rings is 1. The van der Waals surface area contributed by atoms with Crippen LogP contribution in [0, 0.1) is 5.92 Å². The minimum atomic E-state index is -0.301. The third kappa shape index (κ3) is 4.32. The Labute approximate surface area is 194 Å². The molecule has 3 aromatic rings. The molecule has 0 N–H and O–H groups in total. The lowest BCUT2D eigenvalue weighted by Gasteiger charge is -2.33. The Balaban J connectivity index is 1.17. The molecule has 2 aliphatic heterocycles. The van der Waals surface area contributed by atoms with Crippen LogP contribution in [-0.4, -0.2) is 52.4 Å². The summed E-state index contributed by atoms with van der Waals surface area (Å²) in [6.45, 7) is 1.66. The first-order valence-electron chi connectivity index (χ1n) is 10.8. The van der Waals surface area contributed by atoms with Gasteiger partial charge in [0, 0.05) is 49.1 Å². The summed E-state index contributed by atoms with van der Waals surface area (Å²) in [6, 6.07) is 15.3. The van der Waals surface area contributed by atoms with Crippen LogP contribution in [0.25, 0.3) is 11.0 Å². The van der Waals surface area contributed by atoms with E-state index in [2.05, 4.69) is 25.9 Å². The number of benzene rings is 2. The molecule has 0 spiro atoms. The van der Waals surface area contributed by atoms with E-state index in [0.717, 1.165) is 34.0 Å². The molecule has 3 heterocycles. The van der Waals surface area contributed by atoms with Gasteiger partial charge in [-0.1, -0.05) is 34.1 Å². The number of ether oxygens (including phenoxy) is 1. The number of amides is 2. The fourth-order valence-corrected chi connectivity index (χ4v) is 4.77. The van der Waals surface area contributed by atoms with E-state index < -0.39 is 0 Å². The SMILES string of the molecule is O=C(C1CC(=O)N(c2cccc(Br)c2)C1)N1CCC(Oc2cnc3ccccc3n2)CC1. The smallest absolute Gasteiger partial charge is 0.233 e. The van der Waals surface area contributed by atoms with Crippen molar-refractivity contribution in [2.45, 2.75) is 25.4 Å². The number of aromatic nitrogens is 2. The van der Waals surface area contributed by atoms with E-state index in [1.165, 1.54) is 0 Å². The molecule has 2 amide bonds. The number of nitrogens with zero attached hydrogens (tertiary/aromatic N) is 4. The topological polar surface area (TPSA) is 75.6 Å². The molecule has 1 atom stereocenters. The first kappa shape index (κ1) is 20.9. The highest BCUT2D eigenvalue weighted by Crippen LogP contribution is 2.29. The lowest BCUT2D eigenvalue weighted by molar-refractivity contribution is -0.137. The standard InChI is InChI=1S/C24H23BrN4O3/c25-17-4-3-5-18(13-17)29-15-16(12-23(29)30)24(31)28-10-8-19(9-11-28)32-22-14-26-20-6-1-2-7-21(20)27-22/h1-7,13-14,16,19H,8-12,15H2. The number of anilines is 1. The molecule has 8 heteroatoms. The predicted molar refractivity (Wildman–Crippen MR) is 124 cm³/mol. The molecule has 2 saturated heterocycles. The Hall–Kier alpha value is -3.00. The molecule has 0 aliphatic carbocycles. The summed E-state index contributed by atoms with van der Waals surface area (Å²) in [6.07, 6.45) is 3.37. The van der Waals surface area contributed by atoms with Crippen LogP contribution in [0.2, 0.25) is 0 Å². The normalized spacial score (nSPS) is 19.5. The fourth-order valence-electron chi connectivity index (χ4n) is 4.39. The van der Waals surface area contributed by atoms with Gasteiger partial charge >= 0.3 is 0 Å². The van der Waals surface area contributed by atoms with E-state index in [4.69, 9.17) is 4.74 Å². The van der Waals surface area contributed by atoms with Crippen molar-refractivity contribution in [1.29, 1.82) is 0 Å². The van der Waals surface area contributed by atoms with Crippen LogP contribution in [0.15, 0.2) is 59.2 Å². The second-order valence-corrected chi connectivity index (χ2v) is 9.14. The highest BCUT2D eigenvalue weighted by molar-refractivity contribution is 9.10. The van der Waals surface area contributed by atoms with E-state index in [0.29, 0.717) is 25.5 Å². The van der Waals surface area contributed by atoms with E-state index >= 15 is 0 Å². The number of carbonyl (C=O) groups excluding carboxylic acids is 2. The van der Waals surface area contributed by atoms with Crippen molar-refractivity contribution in [3.05, 3.63) is 59.2 Å². The van der Waals surface area contributed by atoms with Crippen LogP contribution in [0.5, 0.6) is 5.88 Å². The fraction of sp³-hybridized carbons (Fsp3) is 0.333. The van der Waals surface area contributed by atoms with Gasteiger partial charge in [0.1, 0.15) is 6.10 Å². The summed E-state index contributed by atoms with van der Waals surface area (Å²) in [5.41, 5.74) is 2.46. The van der Waals surface area contributed by atoms with Gasteiger partial charge in [0.2, 0.25) is 17.7 Å². The Kier molecular flexibility index (Phi) is 5.78. The summed E-state index contributed by atoms with van der Waals surface area (Å²) in [5, 5.41) is 0. The third-order valence-corrected chi connectivity index (χ3v) is 6.55. The second-order valence-electron chi connectivity index (χ2n) is 8.22. The van der Waals surface area contributed by atoms with Crippen molar-refractivity contribution in [1.82, 2.24) is 14.9 Å². The highest BCUT2D eigenvalue weighted by atomic mass is 79.9. The maximum Gasteiger partial charge on any atom is 0.233 e. The molecule has 1 unspecified atom stereocenters. The van der Waals surface area contributed by atoms with Gasteiger partial charge in [0.05, 0.1) is 23.1 Å². The minimum Gasteiger partial charge on any atom is -0.473 e. The van der Waals surface area contributed by atoms with E-state index in [1.807, 2.05) is 53.4 Å². The molecule has 7 nitrogen and oxygen atoms in total. The number of para-hydroxylation sites is 2. The average Bonchev–Trinajstić information content (AvgIpc) is 3.21. The van der Waals surface area contributed by atoms with Crippen molar-refractivity contribution < 1.29 is 14.3 Å². The first-order valence-corrected chi connectivity index (χ1v) is 11.6. The molecule has 2 fully saturated rings. The Morgan fingerprint density at radius 3 is 2.62 bits per heavy atom. The largest absolute Gasteiger partial charge is 0.473 e. The number of hydrogen-bond donors (Lipinski definition) is 0. The van der Waals surface area contributed by atoms with Gasteiger partial charge in [-0.25, -0.2) is 9.97 Å². The van der Waals surface area contributed by atoms with Crippen molar-refractivity contribution in [3.63, 3.8) is 0 Å². The van der Waals surface area contributed by atoms with E-state index in [1.54, 1.807) is 11.1 Å². The predicted octanol–water partition coefficient (Wildman–Crippen LogP) is 3.82. The van der Waals surface area contributed by atoms with Crippen LogP contribution >= 0.6 is 15.9 Å². The lowest BCUT2D eigenvalue weighted by atomic mass is 10.0. The van der Waals surface area contributed by atoms with Crippen molar-refractivity contribution >= 4 is 44.5 Å². The van der Waals surface area contributed by atoms with Crippen LogP contribution in [0.4, 0.5) is 5.69 Å². The molecule has 1 aromatic heterocycles. The number of fused-ring (bicyclic) bond motifs is 1. The molecule has 2 aliphatic rings.